The van der Waals surface area contributed by atoms with Crippen molar-refractivity contribution in [3.63, 3.8) is 0 Å². The number of sulfonamides is 1. The van der Waals surface area contributed by atoms with Crippen molar-refractivity contribution >= 4 is 33.2 Å². The Hall–Kier alpha value is -2.29. The third kappa shape index (κ3) is 4.66. The Bertz CT molecular complexity index is 996. The van der Waals surface area contributed by atoms with Gasteiger partial charge in [0.25, 0.3) is 0 Å². The Labute approximate surface area is 175 Å². The molecule has 156 valence electrons. The highest BCUT2D eigenvalue weighted by molar-refractivity contribution is 7.89. The van der Waals surface area contributed by atoms with E-state index in [9.17, 15) is 13.2 Å². The number of amides is 1. The summed E-state index contributed by atoms with van der Waals surface area (Å²) < 4.78 is 38.2. The Morgan fingerprint density at radius 1 is 1.17 bits per heavy atom. The molecule has 1 atom stereocenters. The van der Waals surface area contributed by atoms with Gasteiger partial charge in [-0.05, 0) is 37.1 Å². The van der Waals surface area contributed by atoms with Crippen LogP contribution in [0.25, 0.3) is 0 Å². The van der Waals surface area contributed by atoms with E-state index in [1.165, 1.54) is 24.6 Å². The van der Waals surface area contributed by atoms with Crippen LogP contribution >= 0.6 is 11.6 Å². The molecule has 9 heteroatoms. The molecule has 1 amide bonds. The Morgan fingerprint density at radius 2 is 1.93 bits per heavy atom. The summed E-state index contributed by atoms with van der Waals surface area (Å²) in [5.41, 5.74) is 0.508. The fourth-order valence-electron chi connectivity index (χ4n) is 3.30. The zero-order valence-corrected chi connectivity index (χ0v) is 17.8. The maximum Gasteiger partial charge on any atom is 0.246 e. The fourth-order valence-corrected chi connectivity index (χ4v) is 5.17. The van der Waals surface area contributed by atoms with E-state index >= 15 is 0 Å². The predicted octanol–water partition coefficient (Wildman–Crippen LogP) is 3.40. The Kier molecular flexibility index (Phi) is 6.66. The molecule has 0 spiro atoms. The van der Waals surface area contributed by atoms with Gasteiger partial charge in [-0.25, -0.2) is 8.42 Å². The minimum atomic E-state index is -3.86. The summed E-state index contributed by atoms with van der Waals surface area (Å²) in [6.45, 7) is 0.414. The molecule has 1 N–H and O–H groups in total. The summed E-state index contributed by atoms with van der Waals surface area (Å²) in [4.78, 5) is 12.7. The standard InChI is InChI=1S/C20H23ClN2O5S/c1-27-15-9-10-18(28-2)19(12-15)29(25,26)23-11-5-6-14(13-23)20(24)22-17-8-4-3-7-16(17)21/h3-4,7-10,12,14H,5-6,11,13H2,1-2H3,(H,22,24)/t14-/m1/s1. The lowest BCUT2D eigenvalue weighted by Crippen LogP contribution is -2.43. The number of benzene rings is 2. The van der Waals surface area contributed by atoms with Gasteiger partial charge in [0.15, 0.2) is 0 Å². The van der Waals surface area contributed by atoms with Crippen molar-refractivity contribution in [2.45, 2.75) is 17.7 Å². The van der Waals surface area contributed by atoms with E-state index < -0.39 is 15.9 Å². The smallest absolute Gasteiger partial charge is 0.246 e. The van der Waals surface area contributed by atoms with E-state index in [4.69, 9.17) is 21.1 Å². The van der Waals surface area contributed by atoms with Gasteiger partial charge in [-0.1, -0.05) is 23.7 Å². The van der Waals surface area contributed by atoms with Gasteiger partial charge in [0.05, 0.1) is 30.8 Å². The van der Waals surface area contributed by atoms with Gasteiger partial charge in [0.1, 0.15) is 16.4 Å². The van der Waals surface area contributed by atoms with Gasteiger partial charge in [-0.3, -0.25) is 4.79 Å². The van der Waals surface area contributed by atoms with Gasteiger partial charge in [0, 0.05) is 19.2 Å². The summed E-state index contributed by atoms with van der Waals surface area (Å²) in [5.74, 6) is -0.0927. The second-order valence-corrected chi connectivity index (χ2v) is 9.00. The van der Waals surface area contributed by atoms with Gasteiger partial charge in [-0.15, -0.1) is 0 Å². The molecule has 0 radical (unpaired) electrons. The zero-order chi connectivity index (χ0) is 21.0. The van der Waals surface area contributed by atoms with Crippen LogP contribution in [-0.4, -0.2) is 45.9 Å². The largest absolute Gasteiger partial charge is 0.497 e. The molecule has 1 aliphatic heterocycles. The molecule has 3 rings (SSSR count). The van der Waals surface area contributed by atoms with Crippen LogP contribution in [0.15, 0.2) is 47.4 Å². The van der Waals surface area contributed by atoms with Crippen LogP contribution in [0.1, 0.15) is 12.8 Å². The van der Waals surface area contributed by atoms with Crippen LogP contribution in [0.2, 0.25) is 5.02 Å². The van der Waals surface area contributed by atoms with Gasteiger partial charge < -0.3 is 14.8 Å². The summed E-state index contributed by atoms with van der Waals surface area (Å²) in [7, 11) is -0.983. The summed E-state index contributed by atoms with van der Waals surface area (Å²) in [5, 5.41) is 3.23. The molecule has 1 aliphatic rings. The van der Waals surface area contributed by atoms with E-state index in [0.29, 0.717) is 35.8 Å². The minimum Gasteiger partial charge on any atom is -0.497 e. The second kappa shape index (κ2) is 9.02. The van der Waals surface area contributed by atoms with Crippen LogP contribution in [0.3, 0.4) is 0 Å². The molecule has 1 saturated heterocycles. The van der Waals surface area contributed by atoms with E-state index in [1.54, 1.807) is 36.4 Å². The zero-order valence-electron chi connectivity index (χ0n) is 16.2. The SMILES string of the molecule is COc1ccc(OC)c(S(=O)(=O)N2CCC[C@@H](C(=O)Nc3ccccc3Cl)C2)c1. The van der Waals surface area contributed by atoms with Gasteiger partial charge in [0.2, 0.25) is 15.9 Å². The number of methoxy groups -OCH3 is 2. The Balaban J connectivity index is 1.81. The molecule has 0 aliphatic carbocycles. The number of rotatable bonds is 6. The maximum atomic E-state index is 13.3. The predicted molar refractivity (Wildman–Crippen MR) is 111 cm³/mol. The number of nitrogens with zero attached hydrogens (tertiary/aromatic N) is 1. The molecule has 0 bridgehead atoms. The number of anilines is 1. The second-order valence-electron chi connectivity index (χ2n) is 6.69. The van der Waals surface area contributed by atoms with Crippen LogP contribution < -0.4 is 14.8 Å². The molecular weight excluding hydrogens is 416 g/mol. The van der Waals surface area contributed by atoms with Crippen molar-refractivity contribution in [1.82, 2.24) is 4.31 Å². The Morgan fingerprint density at radius 3 is 2.62 bits per heavy atom. The van der Waals surface area contributed by atoms with Crippen molar-refractivity contribution < 1.29 is 22.7 Å². The van der Waals surface area contributed by atoms with Gasteiger partial charge in [-0.2, -0.15) is 4.31 Å². The molecule has 29 heavy (non-hydrogen) atoms. The number of ether oxygens (including phenoxy) is 2. The maximum absolute atomic E-state index is 13.3. The average Bonchev–Trinajstić information content (AvgIpc) is 2.74. The highest BCUT2D eigenvalue weighted by atomic mass is 35.5. The first-order chi connectivity index (χ1) is 13.9. The number of hydrogen-bond acceptors (Lipinski definition) is 5. The van der Waals surface area contributed by atoms with E-state index in [1.807, 2.05) is 0 Å². The summed E-state index contributed by atoms with van der Waals surface area (Å²) >= 11 is 6.10. The van der Waals surface area contributed by atoms with Crippen molar-refractivity contribution in [2.75, 3.05) is 32.6 Å². The molecule has 2 aromatic rings. The van der Waals surface area contributed by atoms with E-state index in [0.717, 1.165) is 0 Å². The summed E-state index contributed by atoms with van der Waals surface area (Å²) in [6.07, 6.45) is 1.17. The number of carbonyl (C=O) groups excluding carboxylic acids is 1. The molecule has 7 nitrogen and oxygen atoms in total. The normalized spacial score (nSPS) is 17.6. The number of nitrogens with one attached hydrogen (secondary N) is 1. The van der Waals surface area contributed by atoms with E-state index in [-0.39, 0.29) is 23.1 Å². The van der Waals surface area contributed by atoms with Crippen molar-refractivity contribution in [3.8, 4) is 11.5 Å². The third-order valence-electron chi connectivity index (χ3n) is 4.88. The molecule has 2 aromatic carbocycles. The topological polar surface area (TPSA) is 84.9 Å². The average molecular weight is 439 g/mol. The summed E-state index contributed by atoms with van der Waals surface area (Å²) in [6, 6.07) is 11.6. The van der Waals surface area contributed by atoms with Crippen LogP contribution in [-0.2, 0) is 14.8 Å². The van der Waals surface area contributed by atoms with Crippen LogP contribution in [0.5, 0.6) is 11.5 Å². The molecule has 0 saturated carbocycles. The van der Waals surface area contributed by atoms with Gasteiger partial charge >= 0.3 is 0 Å². The van der Waals surface area contributed by atoms with Crippen molar-refractivity contribution in [1.29, 1.82) is 0 Å². The minimum absolute atomic E-state index is 0.0199. The highest BCUT2D eigenvalue weighted by Gasteiger charge is 2.35. The first-order valence-corrected chi connectivity index (χ1v) is 11.0. The quantitative estimate of drug-likeness (QED) is 0.747. The molecular formula is C20H23ClN2O5S. The fraction of sp³-hybridized carbons (Fsp3) is 0.350. The molecule has 1 fully saturated rings. The lowest BCUT2D eigenvalue weighted by atomic mass is 9.99. The van der Waals surface area contributed by atoms with Crippen LogP contribution in [0.4, 0.5) is 5.69 Å². The first kappa shape index (κ1) is 21.4. The third-order valence-corrected chi connectivity index (χ3v) is 7.09. The highest BCUT2D eigenvalue weighted by Crippen LogP contribution is 2.33. The number of carbonyl (C=O) groups is 1. The molecule has 0 aromatic heterocycles. The number of halogens is 1. The van der Waals surface area contributed by atoms with Crippen molar-refractivity contribution in [3.05, 3.63) is 47.5 Å². The number of para-hydroxylation sites is 1. The monoisotopic (exact) mass is 438 g/mol. The lowest BCUT2D eigenvalue weighted by Gasteiger charge is -2.31. The first-order valence-electron chi connectivity index (χ1n) is 9.14. The van der Waals surface area contributed by atoms with E-state index in [2.05, 4.69) is 5.32 Å². The lowest BCUT2D eigenvalue weighted by molar-refractivity contribution is -0.120. The van der Waals surface area contributed by atoms with Crippen molar-refractivity contribution in [2.24, 2.45) is 5.92 Å². The van der Waals surface area contributed by atoms with Crippen LogP contribution in [0, 0.1) is 5.92 Å². The number of hydrogen-bond donors (Lipinski definition) is 1. The number of piperidine rings is 1. The molecule has 1 heterocycles. The molecule has 0 unspecified atom stereocenters.